The second kappa shape index (κ2) is 5.42. The number of aldehydes is 1. The van der Waals surface area contributed by atoms with Gasteiger partial charge < -0.3 is 0 Å². The number of nitrogens with zero attached hydrogens (tertiary/aromatic N) is 3. The van der Waals surface area contributed by atoms with E-state index in [1.807, 2.05) is 13.8 Å². The van der Waals surface area contributed by atoms with Gasteiger partial charge in [0.05, 0.1) is 16.2 Å². The summed E-state index contributed by atoms with van der Waals surface area (Å²) >= 11 is 6.13. The molecule has 2 aromatic rings. The van der Waals surface area contributed by atoms with Crippen LogP contribution in [0, 0.1) is 10.1 Å². The normalized spacial score (nSPS) is 10.8. The molecule has 0 fully saturated rings. The number of rotatable bonds is 4. The van der Waals surface area contributed by atoms with Crippen LogP contribution in [0.3, 0.4) is 0 Å². The second-order valence-corrected chi connectivity index (χ2v) is 4.88. The summed E-state index contributed by atoms with van der Waals surface area (Å²) in [6, 6.07) is 6.11. The highest BCUT2D eigenvalue weighted by atomic mass is 35.5. The molecule has 0 aliphatic rings. The lowest BCUT2D eigenvalue weighted by Gasteiger charge is -2.04. The van der Waals surface area contributed by atoms with Crippen LogP contribution in [0.5, 0.6) is 0 Å². The van der Waals surface area contributed by atoms with Gasteiger partial charge >= 0.3 is 0 Å². The maximum Gasteiger partial charge on any atom is 0.294 e. The fraction of sp³-hybridized carbons (Fsp3) is 0.231. The maximum absolute atomic E-state index is 11.1. The summed E-state index contributed by atoms with van der Waals surface area (Å²) in [6.45, 7) is 3.74. The minimum absolute atomic E-state index is 0.0169. The Bertz CT molecular complexity index is 679. The molecule has 0 unspecified atom stereocenters. The smallest absolute Gasteiger partial charge is 0.294 e. The molecule has 1 heterocycles. The van der Waals surface area contributed by atoms with Crippen LogP contribution in [0.25, 0.3) is 5.69 Å². The van der Waals surface area contributed by atoms with E-state index in [4.69, 9.17) is 11.6 Å². The SMILES string of the molecule is CC(C)c1nn(-c2ccccc2[N+](=O)[O-])c(Cl)c1C=O. The lowest BCUT2D eigenvalue weighted by atomic mass is 10.1. The zero-order valence-electron chi connectivity index (χ0n) is 10.9. The number of benzene rings is 1. The van der Waals surface area contributed by atoms with Gasteiger partial charge in [-0.1, -0.05) is 37.6 Å². The highest BCUT2D eigenvalue weighted by Crippen LogP contribution is 2.30. The van der Waals surface area contributed by atoms with Crippen molar-refractivity contribution in [1.82, 2.24) is 9.78 Å². The summed E-state index contributed by atoms with van der Waals surface area (Å²) in [6.07, 6.45) is 0.621. The van der Waals surface area contributed by atoms with E-state index in [9.17, 15) is 14.9 Å². The molecule has 6 nitrogen and oxygen atoms in total. The van der Waals surface area contributed by atoms with Gasteiger partial charge in [0.25, 0.3) is 5.69 Å². The minimum atomic E-state index is -0.511. The summed E-state index contributed by atoms with van der Waals surface area (Å²) in [7, 11) is 0. The molecule has 0 saturated heterocycles. The third kappa shape index (κ3) is 2.30. The Morgan fingerprint density at radius 3 is 2.55 bits per heavy atom. The zero-order valence-corrected chi connectivity index (χ0v) is 11.7. The monoisotopic (exact) mass is 293 g/mol. The topological polar surface area (TPSA) is 78.0 Å². The van der Waals surface area contributed by atoms with Crippen molar-refractivity contribution < 1.29 is 9.72 Å². The molecule has 20 heavy (non-hydrogen) atoms. The van der Waals surface area contributed by atoms with Crippen LogP contribution in [0.1, 0.15) is 35.8 Å². The van der Waals surface area contributed by atoms with Gasteiger partial charge in [-0.05, 0) is 12.0 Å². The van der Waals surface area contributed by atoms with Crippen molar-refractivity contribution in [3.05, 3.63) is 50.8 Å². The molecule has 0 bridgehead atoms. The van der Waals surface area contributed by atoms with Crippen LogP contribution in [-0.4, -0.2) is 21.0 Å². The molecule has 2 rings (SSSR count). The molecule has 104 valence electrons. The van der Waals surface area contributed by atoms with Crippen LogP contribution >= 0.6 is 11.6 Å². The lowest BCUT2D eigenvalue weighted by Crippen LogP contribution is -2.02. The summed E-state index contributed by atoms with van der Waals surface area (Å²) in [4.78, 5) is 21.7. The summed E-state index contributed by atoms with van der Waals surface area (Å²) in [5, 5.41) is 15.4. The van der Waals surface area contributed by atoms with Gasteiger partial charge in [-0.15, -0.1) is 0 Å². The third-order valence-electron chi connectivity index (χ3n) is 2.86. The predicted octanol–water partition coefficient (Wildman–Crippen LogP) is 3.37. The molecular formula is C13H12ClN3O3. The van der Waals surface area contributed by atoms with Gasteiger partial charge in [0, 0.05) is 6.07 Å². The number of carbonyl (C=O) groups excluding carboxylic acids is 1. The Hall–Kier alpha value is -2.21. The first-order valence-corrected chi connectivity index (χ1v) is 6.32. The molecule has 0 spiro atoms. The Morgan fingerprint density at radius 2 is 2.05 bits per heavy atom. The molecule has 0 radical (unpaired) electrons. The highest BCUT2D eigenvalue weighted by Gasteiger charge is 2.23. The molecule has 0 amide bonds. The van der Waals surface area contributed by atoms with E-state index < -0.39 is 4.92 Å². The number of halogens is 1. The van der Waals surface area contributed by atoms with Crippen LogP contribution in [0.2, 0.25) is 5.15 Å². The van der Waals surface area contributed by atoms with Crippen molar-refractivity contribution in [3.63, 3.8) is 0 Å². The Balaban J connectivity index is 2.71. The summed E-state index contributed by atoms with van der Waals surface area (Å²) in [5.74, 6) is -0.0169. The first kappa shape index (κ1) is 14.2. The van der Waals surface area contributed by atoms with E-state index >= 15 is 0 Å². The van der Waals surface area contributed by atoms with Gasteiger partial charge in [0.15, 0.2) is 6.29 Å². The third-order valence-corrected chi connectivity index (χ3v) is 3.23. The summed E-state index contributed by atoms with van der Waals surface area (Å²) in [5.41, 5.74) is 0.894. The van der Waals surface area contributed by atoms with Gasteiger partial charge in [-0.25, -0.2) is 4.68 Å². The number of hydrogen-bond donors (Lipinski definition) is 0. The first-order chi connectivity index (χ1) is 9.47. The van der Waals surface area contributed by atoms with Gasteiger partial charge in [0.2, 0.25) is 0 Å². The number of para-hydroxylation sites is 2. The van der Waals surface area contributed by atoms with Crippen molar-refractivity contribution in [3.8, 4) is 5.69 Å². The van der Waals surface area contributed by atoms with Gasteiger partial charge in [0.1, 0.15) is 10.8 Å². The average molecular weight is 294 g/mol. The largest absolute Gasteiger partial charge is 0.298 e. The standard InChI is InChI=1S/C13H12ClN3O3/c1-8(2)12-9(7-18)13(14)16(15-12)10-5-3-4-6-11(10)17(19)20/h3-8H,1-2H3. The first-order valence-electron chi connectivity index (χ1n) is 5.94. The molecule has 0 atom stereocenters. The minimum Gasteiger partial charge on any atom is -0.298 e. The predicted molar refractivity (Wildman–Crippen MR) is 74.7 cm³/mol. The fourth-order valence-electron chi connectivity index (χ4n) is 1.92. The molecule has 7 heteroatoms. The molecule has 1 aromatic heterocycles. The zero-order chi connectivity index (χ0) is 14.9. The number of nitro benzene ring substituents is 1. The molecular weight excluding hydrogens is 282 g/mol. The van der Waals surface area contributed by atoms with Crippen molar-refractivity contribution in [1.29, 1.82) is 0 Å². The van der Waals surface area contributed by atoms with E-state index in [0.29, 0.717) is 12.0 Å². The Labute approximate surface area is 120 Å². The molecule has 0 N–H and O–H groups in total. The molecule has 1 aromatic carbocycles. The molecule has 0 saturated carbocycles. The summed E-state index contributed by atoms with van der Waals surface area (Å²) < 4.78 is 1.23. The van der Waals surface area contributed by atoms with Crippen LogP contribution in [0.15, 0.2) is 24.3 Å². The van der Waals surface area contributed by atoms with Crippen molar-refractivity contribution >= 4 is 23.6 Å². The Kier molecular flexibility index (Phi) is 3.85. The van der Waals surface area contributed by atoms with E-state index in [2.05, 4.69) is 5.10 Å². The van der Waals surface area contributed by atoms with Crippen LogP contribution < -0.4 is 0 Å². The van der Waals surface area contributed by atoms with E-state index in [0.717, 1.165) is 0 Å². The van der Waals surface area contributed by atoms with Gasteiger partial charge in [-0.3, -0.25) is 14.9 Å². The maximum atomic E-state index is 11.1. The highest BCUT2D eigenvalue weighted by molar-refractivity contribution is 6.32. The van der Waals surface area contributed by atoms with Crippen molar-refractivity contribution in [2.24, 2.45) is 0 Å². The number of carbonyl (C=O) groups is 1. The van der Waals surface area contributed by atoms with E-state index in [1.165, 1.54) is 16.8 Å². The van der Waals surface area contributed by atoms with E-state index in [-0.39, 0.29) is 28.0 Å². The second-order valence-electron chi connectivity index (χ2n) is 4.52. The number of nitro groups is 1. The van der Waals surface area contributed by atoms with Crippen LogP contribution in [0.4, 0.5) is 5.69 Å². The molecule has 0 aliphatic carbocycles. The van der Waals surface area contributed by atoms with E-state index in [1.54, 1.807) is 12.1 Å². The van der Waals surface area contributed by atoms with Crippen LogP contribution in [-0.2, 0) is 0 Å². The quantitative estimate of drug-likeness (QED) is 0.492. The number of aromatic nitrogens is 2. The Morgan fingerprint density at radius 1 is 1.40 bits per heavy atom. The fourth-order valence-corrected chi connectivity index (χ4v) is 2.19. The van der Waals surface area contributed by atoms with Gasteiger partial charge in [-0.2, -0.15) is 5.10 Å². The molecule has 0 aliphatic heterocycles. The lowest BCUT2D eigenvalue weighted by molar-refractivity contribution is -0.384. The average Bonchev–Trinajstić information content (AvgIpc) is 2.75. The van der Waals surface area contributed by atoms with Crippen molar-refractivity contribution in [2.75, 3.05) is 0 Å². The number of hydrogen-bond acceptors (Lipinski definition) is 4. The van der Waals surface area contributed by atoms with Crippen molar-refractivity contribution in [2.45, 2.75) is 19.8 Å².